The molecule has 0 aromatic heterocycles. The van der Waals surface area contributed by atoms with Gasteiger partial charge in [-0.1, -0.05) is 17.7 Å². The molecular formula is C22H35ClN6O. The number of amides is 1. The number of piperazine rings is 1. The van der Waals surface area contributed by atoms with Crippen LogP contribution in [0.5, 0.6) is 0 Å². The lowest BCUT2D eigenvalue weighted by Crippen LogP contribution is -2.51. The summed E-state index contributed by atoms with van der Waals surface area (Å²) in [5.74, 6) is 1.08. The van der Waals surface area contributed by atoms with Crippen molar-refractivity contribution in [1.29, 1.82) is 0 Å². The summed E-state index contributed by atoms with van der Waals surface area (Å²) in [6.45, 7) is 9.70. The number of benzene rings is 1. The molecule has 30 heavy (non-hydrogen) atoms. The van der Waals surface area contributed by atoms with Crippen molar-refractivity contribution in [2.45, 2.75) is 32.2 Å². The Kier molecular flexibility index (Phi) is 8.63. The lowest BCUT2D eigenvalue weighted by Gasteiger charge is -2.36. The molecule has 2 aliphatic heterocycles. The fourth-order valence-corrected chi connectivity index (χ4v) is 4.22. The standard InChI is InChI=1S/C22H35ClN6O/c1-3-24-22(26-19-8-9-21(30)27(2)17-19)25-10-5-11-28-12-14-29(15-13-28)20-7-4-6-18(23)16-20/h4,6-7,16,19H,3,5,8-15,17H2,1-2H3,(H2,24,25,26). The number of carbonyl (C=O) groups is 1. The number of hydrogen-bond acceptors (Lipinski definition) is 4. The third-order valence-electron chi connectivity index (χ3n) is 5.76. The Bertz CT molecular complexity index is 719. The fraction of sp³-hybridized carbons (Fsp3) is 0.636. The van der Waals surface area contributed by atoms with E-state index in [0.717, 1.165) is 76.2 Å². The number of piperidine rings is 1. The number of carbonyl (C=O) groups excluding carboxylic acids is 1. The summed E-state index contributed by atoms with van der Waals surface area (Å²) >= 11 is 6.12. The summed E-state index contributed by atoms with van der Waals surface area (Å²) in [7, 11) is 1.87. The second-order valence-electron chi connectivity index (χ2n) is 8.08. The fourth-order valence-electron chi connectivity index (χ4n) is 4.03. The molecule has 7 nitrogen and oxygen atoms in total. The van der Waals surface area contributed by atoms with Crippen LogP contribution >= 0.6 is 11.6 Å². The van der Waals surface area contributed by atoms with Crippen molar-refractivity contribution in [2.24, 2.45) is 4.99 Å². The minimum Gasteiger partial charge on any atom is -0.369 e. The topological polar surface area (TPSA) is 63.2 Å². The zero-order valence-corrected chi connectivity index (χ0v) is 19.0. The van der Waals surface area contributed by atoms with Crippen molar-refractivity contribution >= 4 is 29.2 Å². The first kappa shape index (κ1) is 22.7. The molecule has 0 radical (unpaired) electrons. The maximum absolute atomic E-state index is 11.7. The highest BCUT2D eigenvalue weighted by Crippen LogP contribution is 2.20. The van der Waals surface area contributed by atoms with Crippen molar-refractivity contribution < 1.29 is 4.79 Å². The van der Waals surface area contributed by atoms with Crippen molar-refractivity contribution in [3.05, 3.63) is 29.3 Å². The Morgan fingerprint density at radius 2 is 2.07 bits per heavy atom. The van der Waals surface area contributed by atoms with Crippen LogP contribution in [0.4, 0.5) is 5.69 Å². The third kappa shape index (κ3) is 6.77. The van der Waals surface area contributed by atoms with Gasteiger partial charge in [0.15, 0.2) is 5.96 Å². The molecule has 2 N–H and O–H groups in total. The molecule has 2 heterocycles. The van der Waals surface area contributed by atoms with Gasteiger partial charge in [-0.3, -0.25) is 14.7 Å². The maximum atomic E-state index is 11.7. The smallest absolute Gasteiger partial charge is 0.222 e. The second kappa shape index (κ2) is 11.4. The number of likely N-dealkylation sites (N-methyl/N-ethyl adjacent to an activating group) is 1. The summed E-state index contributed by atoms with van der Waals surface area (Å²) in [5.41, 5.74) is 1.21. The van der Waals surface area contributed by atoms with E-state index in [9.17, 15) is 4.79 Å². The van der Waals surface area contributed by atoms with Crippen LogP contribution in [0, 0.1) is 0 Å². The monoisotopic (exact) mass is 434 g/mol. The third-order valence-corrected chi connectivity index (χ3v) is 5.99. The molecule has 2 aliphatic rings. The van der Waals surface area contributed by atoms with Gasteiger partial charge in [0.1, 0.15) is 0 Å². The SMILES string of the molecule is CCNC(=NCCCN1CCN(c2cccc(Cl)c2)CC1)NC1CCC(=O)N(C)C1. The van der Waals surface area contributed by atoms with E-state index in [-0.39, 0.29) is 11.9 Å². The van der Waals surface area contributed by atoms with E-state index in [2.05, 4.69) is 33.4 Å². The van der Waals surface area contributed by atoms with Crippen LogP contribution in [0.15, 0.2) is 29.3 Å². The molecule has 0 aliphatic carbocycles. The van der Waals surface area contributed by atoms with Gasteiger partial charge in [0.25, 0.3) is 0 Å². The van der Waals surface area contributed by atoms with Crippen LogP contribution in [-0.2, 0) is 4.79 Å². The van der Waals surface area contributed by atoms with E-state index in [1.54, 1.807) is 4.90 Å². The first-order chi connectivity index (χ1) is 14.5. The van der Waals surface area contributed by atoms with Crippen LogP contribution in [0.3, 0.4) is 0 Å². The number of anilines is 1. The predicted octanol–water partition coefficient (Wildman–Crippen LogP) is 2.03. The molecule has 1 unspecified atom stereocenters. The molecule has 0 spiro atoms. The number of guanidine groups is 1. The van der Waals surface area contributed by atoms with Gasteiger partial charge in [-0.2, -0.15) is 0 Å². The van der Waals surface area contributed by atoms with Crippen molar-refractivity contribution in [3.8, 4) is 0 Å². The molecule has 2 fully saturated rings. The minimum atomic E-state index is 0.227. The zero-order valence-electron chi connectivity index (χ0n) is 18.2. The normalized spacial score (nSPS) is 21.1. The summed E-state index contributed by atoms with van der Waals surface area (Å²) in [6.07, 6.45) is 2.51. The quantitative estimate of drug-likeness (QED) is 0.390. The van der Waals surface area contributed by atoms with Crippen LogP contribution in [0.1, 0.15) is 26.2 Å². The van der Waals surface area contributed by atoms with Gasteiger partial charge in [-0.05, 0) is 38.0 Å². The van der Waals surface area contributed by atoms with E-state index >= 15 is 0 Å². The lowest BCUT2D eigenvalue weighted by molar-refractivity contribution is -0.132. The van der Waals surface area contributed by atoms with E-state index in [1.165, 1.54) is 5.69 Å². The Labute approximate surface area is 185 Å². The van der Waals surface area contributed by atoms with E-state index in [4.69, 9.17) is 16.6 Å². The number of nitrogens with zero attached hydrogens (tertiary/aromatic N) is 4. The van der Waals surface area contributed by atoms with Crippen molar-refractivity contribution in [3.63, 3.8) is 0 Å². The number of nitrogens with one attached hydrogen (secondary N) is 2. The Hall–Kier alpha value is -1.99. The summed E-state index contributed by atoms with van der Waals surface area (Å²) in [5, 5.41) is 7.61. The molecule has 0 bridgehead atoms. The lowest BCUT2D eigenvalue weighted by atomic mass is 10.1. The largest absolute Gasteiger partial charge is 0.369 e. The average molecular weight is 435 g/mol. The highest BCUT2D eigenvalue weighted by atomic mass is 35.5. The van der Waals surface area contributed by atoms with Gasteiger partial charge in [0, 0.05) is 82.6 Å². The van der Waals surface area contributed by atoms with E-state index < -0.39 is 0 Å². The number of aliphatic imine (C=N–C) groups is 1. The highest BCUT2D eigenvalue weighted by molar-refractivity contribution is 6.30. The van der Waals surface area contributed by atoms with Crippen LogP contribution in [-0.4, -0.2) is 87.1 Å². The Morgan fingerprint density at radius 1 is 1.27 bits per heavy atom. The molecule has 1 atom stereocenters. The molecule has 1 amide bonds. The van der Waals surface area contributed by atoms with Crippen LogP contribution in [0.2, 0.25) is 5.02 Å². The molecule has 8 heteroatoms. The van der Waals surface area contributed by atoms with Gasteiger partial charge in [0.05, 0.1) is 0 Å². The predicted molar refractivity (Wildman–Crippen MR) is 124 cm³/mol. The first-order valence-corrected chi connectivity index (χ1v) is 11.4. The molecule has 1 aromatic carbocycles. The molecule has 3 rings (SSSR count). The highest BCUT2D eigenvalue weighted by Gasteiger charge is 2.23. The van der Waals surface area contributed by atoms with Crippen LogP contribution < -0.4 is 15.5 Å². The van der Waals surface area contributed by atoms with Gasteiger partial charge < -0.3 is 20.4 Å². The van der Waals surface area contributed by atoms with E-state index in [1.807, 2.05) is 25.2 Å². The summed E-state index contributed by atoms with van der Waals surface area (Å²) < 4.78 is 0. The van der Waals surface area contributed by atoms with Gasteiger partial charge in [-0.15, -0.1) is 0 Å². The van der Waals surface area contributed by atoms with Gasteiger partial charge >= 0.3 is 0 Å². The zero-order chi connectivity index (χ0) is 21.3. The first-order valence-electron chi connectivity index (χ1n) is 11.1. The van der Waals surface area contributed by atoms with Gasteiger partial charge in [0.2, 0.25) is 5.91 Å². The van der Waals surface area contributed by atoms with Crippen LogP contribution in [0.25, 0.3) is 0 Å². The van der Waals surface area contributed by atoms with E-state index in [0.29, 0.717) is 6.42 Å². The minimum absolute atomic E-state index is 0.227. The van der Waals surface area contributed by atoms with Crippen molar-refractivity contribution in [1.82, 2.24) is 20.4 Å². The number of halogens is 1. The molecule has 0 saturated carbocycles. The molecule has 2 saturated heterocycles. The Balaban J connectivity index is 1.38. The molecule has 1 aromatic rings. The second-order valence-corrected chi connectivity index (χ2v) is 8.51. The molecular weight excluding hydrogens is 400 g/mol. The summed E-state index contributed by atoms with van der Waals surface area (Å²) in [4.78, 5) is 23.1. The number of hydrogen-bond donors (Lipinski definition) is 2. The summed E-state index contributed by atoms with van der Waals surface area (Å²) in [6, 6.07) is 8.38. The number of likely N-dealkylation sites (tertiary alicyclic amines) is 1. The Morgan fingerprint density at radius 3 is 2.77 bits per heavy atom. The van der Waals surface area contributed by atoms with Gasteiger partial charge in [-0.25, -0.2) is 0 Å². The number of rotatable bonds is 7. The molecule has 166 valence electrons. The maximum Gasteiger partial charge on any atom is 0.222 e. The average Bonchev–Trinajstić information content (AvgIpc) is 2.74. The van der Waals surface area contributed by atoms with Crippen molar-refractivity contribution in [2.75, 3.05) is 64.3 Å².